The highest BCUT2D eigenvalue weighted by Crippen LogP contribution is 2.31. The van der Waals surface area contributed by atoms with E-state index in [-0.39, 0.29) is 11.9 Å². The molecule has 3 heterocycles. The molecule has 0 spiro atoms. The number of amides is 1. The van der Waals surface area contributed by atoms with Gasteiger partial charge in [0, 0.05) is 36.4 Å². The second-order valence-corrected chi connectivity index (χ2v) is 6.95. The van der Waals surface area contributed by atoms with Crippen LogP contribution in [-0.2, 0) is 11.2 Å². The summed E-state index contributed by atoms with van der Waals surface area (Å²) in [5, 5.41) is 0. The Labute approximate surface area is 141 Å². The monoisotopic (exact) mass is 330 g/mol. The van der Waals surface area contributed by atoms with E-state index < -0.39 is 0 Å². The Kier molecular flexibility index (Phi) is 5.39. The van der Waals surface area contributed by atoms with Gasteiger partial charge in [0.1, 0.15) is 11.5 Å². The van der Waals surface area contributed by atoms with E-state index >= 15 is 0 Å². The predicted octanol–water partition coefficient (Wildman–Crippen LogP) is 3.62. The maximum atomic E-state index is 12.6. The van der Waals surface area contributed by atoms with Gasteiger partial charge in [-0.05, 0) is 44.0 Å². The minimum atomic E-state index is 0.0739. The zero-order valence-corrected chi connectivity index (χ0v) is 14.2. The molecule has 122 valence electrons. The number of furan rings is 1. The van der Waals surface area contributed by atoms with E-state index in [2.05, 4.69) is 4.98 Å². The molecule has 1 amide bonds. The molecule has 5 heteroatoms. The molecule has 1 aliphatic rings. The third-order valence-electron chi connectivity index (χ3n) is 4.09. The zero-order valence-electron chi connectivity index (χ0n) is 13.4. The highest BCUT2D eigenvalue weighted by atomic mass is 32.2. The number of aromatic nitrogens is 1. The SMILES string of the molecule is Cc1ccc([C@@H]2CSCCN2C(=O)CCCc2ccccn2)o1. The summed E-state index contributed by atoms with van der Waals surface area (Å²) in [7, 11) is 0. The van der Waals surface area contributed by atoms with E-state index in [9.17, 15) is 4.79 Å². The summed E-state index contributed by atoms with van der Waals surface area (Å²) in [6.45, 7) is 2.75. The van der Waals surface area contributed by atoms with Gasteiger partial charge >= 0.3 is 0 Å². The summed E-state index contributed by atoms with van der Waals surface area (Å²) in [6.07, 6.45) is 4.05. The number of pyridine rings is 1. The largest absolute Gasteiger partial charge is 0.464 e. The van der Waals surface area contributed by atoms with E-state index in [0.29, 0.717) is 6.42 Å². The smallest absolute Gasteiger partial charge is 0.223 e. The minimum Gasteiger partial charge on any atom is -0.464 e. The van der Waals surface area contributed by atoms with E-state index in [0.717, 1.165) is 48.1 Å². The van der Waals surface area contributed by atoms with E-state index in [1.54, 1.807) is 6.20 Å². The van der Waals surface area contributed by atoms with Crippen LogP contribution in [0.5, 0.6) is 0 Å². The molecule has 1 aliphatic heterocycles. The lowest BCUT2D eigenvalue weighted by atomic mass is 10.1. The molecule has 1 fully saturated rings. The normalized spacial score (nSPS) is 18.1. The van der Waals surface area contributed by atoms with Crippen LogP contribution < -0.4 is 0 Å². The van der Waals surface area contributed by atoms with Crippen molar-refractivity contribution < 1.29 is 9.21 Å². The fourth-order valence-corrected chi connectivity index (χ4v) is 3.94. The van der Waals surface area contributed by atoms with Crippen molar-refractivity contribution >= 4 is 17.7 Å². The van der Waals surface area contributed by atoms with Crippen LogP contribution in [0.1, 0.15) is 36.1 Å². The highest BCUT2D eigenvalue weighted by Gasteiger charge is 2.29. The van der Waals surface area contributed by atoms with Crippen molar-refractivity contribution in [3.05, 3.63) is 53.7 Å². The van der Waals surface area contributed by atoms with Crippen molar-refractivity contribution in [3.63, 3.8) is 0 Å². The number of aryl methyl sites for hydroxylation is 2. The summed E-state index contributed by atoms with van der Waals surface area (Å²) < 4.78 is 5.76. The van der Waals surface area contributed by atoms with Crippen molar-refractivity contribution in [2.24, 2.45) is 0 Å². The Morgan fingerprint density at radius 2 is 2.30 bits per heavy atom. The first-order valence-electron chi connectivity index (χ1n) is 8.07. The number of thioether (sulfide) groups is 1. The molecule has 0 radical (unpaired) electrons. The van der Waals surface area contributed by atoms with Crippen LogP contribution in [0.15, 0.2) is 40.9 Å². The number of carbonyl (C=O) groups excluding carboxylic acids is 1. The van der Waals surface area contributed by atoms with Gasteiger partial charge in [0.2, 0.25) is 5.91 Å². The third kappa shape index (κ3) is 4.16. The van der Waals surface area contributed by atoms with Crippen molar-refractivity contribution in [1.82, 2.24) is 9.88 Å². The van der Waals surface area contributed by atoms with Gasteiger partial charge in [-0.2, -0.15) is 11.8 Å². The fraction of sp³-hybridized carbons (Fsp3) is 0.444. The second kappa shape index (κ2) is 7.68. The molecule has 0 aliphatic carbocycles. The van der Waals surface area contributed by atoms with E-state index in [1.165, 1.54) is 0 Å². The number of rotatable bonds is 5. The molecule has 0 aromatic carbocycles. The number of hydrogen-bond donors (Lipinski definition) is 0. The van der Waals surface area contributed by atoms with Crippen molar-refractivity contribution in [1.29, 1.82) is 0 Å². The van der Waals surface area contributed by atoms with Gasteiger partial charge in [-0.25, -0.2) is 0 Å². The Hall–Kier alpha value is -1.75. The Bertz CT molecular complexity index is 641. The number of hydrogen-bond acceptors (Lipinski definition) is 4. The molecule has 3 rings (SSSR count). The molecule has 0 unspecified atom stereocenters. The summed E-state index contributed by atoms with van der Waals surface area (Å²) >= 11 is 1.89. The minimum absolute atomic E-state index is 0.0739. The average molecular weight is 330 g/mol. The maximum absolute atomic E-state index is 12.6. The fourth-order valence-electron chi connectivity index (χ4n) is 2.88. The quantitative estimate of drug-likeness (QED) is 0.840. The molecule has 1 saturated heterocycles. The molecule has 4 nitrogen and oxygen atoms in total. The first-order chi connectivity index (χ1) is 11.2. The van der Waals surface area contributed by atoms with Crippen molar-refractivity contribution in [2.75, 3.05) is 18.1 Å². The van der Waals surface area contributed by atoms with Crippen LogP contribution in [0.2, 0.25) is 0 Å². The van der Waals surface area contributed by atoms with Crippen LogP contribution in [0.25, 0.3) is 0 Å². The van der Waals surface area contributed by atoms with Gasteiger partial charge in [-0.15, -0.1) is 0 Å². The second-order valence-electron chi connectivity index (χ2n) is 5.80. The van der Waals surface area contributed by atoms with Crippen LogP contribution in [-0.4, -0.2) is 33.8 Å². The predicted molar refractivity (Wildman–Crippen MR) is 92.4 cm³/mol. The van der Waals surface area contributed by atoms with Gasteiger partial charge < -0.3 is 9.32 Å². The van der Waals surface area contributed by atoms with Gasteiger partial charge in [-0.3, -0.25) is 9.78 Å². The Morgan fingerprint density at radius 1 is 1.39 bits per heavy atom. The zero-order chi connectivity index (χ0) is 16.1. The summed E-state index contributed by atoms with van der Waals surface area (Å²) in [5.74, 6) is 3.95. The number of nitrogens with zero attached hydrogens (tertiary/aromatic N) is 2. The van der Waals surface area contributed by atoms with Gasteiger partial charge in [0.25, 0.3) is 0 Å². The van der Waals surface area contributed by atoms with Gasteiger partial charge in [0.05, 0.1) is 6.04 Å². The van der Waals surface area contributed by atoms with Crippen LogP contribution >= 0.6 is 11.8 Å². The molecule has 2 aromatic rings. The first kappa shape index (κ1) is 16.1. The standard InChI is InChI=1S/C18H22N2O2S/c1-14-8-9-17(22-14)16-13-23-12-11-20(16)18(21)7-4-6-15-5-2-3-10-19-15/h2-3,5,8-10,16H,4,6-7,11-13H2,1H3/t16-/m0/s1. The summed E-state index contributed by atoms with van der Waals surface area (Å²) in [4.78, 5) is 18.9. The molecule has 1 atom stereocenters. The van der Waals surface area contributed by atoms with E-state index in [4.69, 9.17) is 4.42 Å². The highest BCUT2D eigenvalue weighted by molar-refractivity contribution is 7.99. The lowest BCUT2D eigenvalue weighted by Crippen LogP contribution is -2.40. The lowest BCUT2D eigenvalue weighted by Gasteiger charge is -2.34. The third-order valence-corrected chi connectivity index (χ3v) is 5.11. The topological polar surface area (TPSA) is 46.3 Å². The molecule has 2 aromatic heterocycles. The first-order valence-corrected chi connectivity index (χ1v) is 9.23. The molecule has 0 bridgehead atoms. The summed E-state index contributed by atoms with van der Waals surface area (Å²) in [6, 6.07) is 9.95. The van der Waals surface area contributed by atoms with Crippen molar-refractivity contribution in [2.45, 2.75) is 32.2 Å². The number of carbonyl (C=O) groups is 1. The molecule has 0 N–H and O–H groups in total. The maximum Gasteiger partial charge on any atom is 0.223 e. The van der Waals surface area contributed by atoms with Crippen LogP contribution in [0.3, 0.4) is 0 Å². The molecular weight excluding hydrogens is 308 g/mol. The molecule has 0 saturated carbocycles. The van der Waals surface area contributed by atoms with Gasteiger partial charge in [0.15, 0.2) is 0 Å². The summed E-state index contributed by atoms with van der Waals surface area (Å²) in [5.41, 5.74) is 1.05. The lowest BCUT2D eigenvalue weighted by molar-refractivity contribution is -0.133. The Morgan fingerprint density at radius 3 is 3.04 bits per heavy atom. The van der Waals surface area contributed by atoms with Crippen LogP contribution in [0.4, 0.5) is 0 Å². The molecule has 23 heavy (non-hydrogen) atoms. The Balaban J connectivity index is 1.58. The van der Waals surface area contributed by atoms with Crippen LogP contribution in [0, 0.1) is 6.92 Å². The average Bonchev–Trinajstić information content (AvgIpc) is 3.02. The van der Waals surface area contributed by atoms with Crippen molar-refractivity contribution in [3.8, 4) is 0 Å². The van der Waals surface area contributed by atoms with Gasteiger partial charge in [-0.1, -0.05) is 6.07 Å². The molecular formula is C18H22N2O2S. The van der Waals surface area contributed by atoms with E-state index in [1.807, 2.05) is 53.9 Å².